The van der Waals surface area contributed by atoms with E-state index < -0.39 is 0 Å². The van der Waals surface area contributed by atoms with E-state index in [2.05, 4.69) is 41.1 Å². The first-order chi connectivity index (χ1) is 12.5. The molecule has 0 unspecified atom stereocenters. The minimum atomic E-state index is -0.194. The minimum absolute atomic E-state index is 0.194. The summed E-state index contributed by atoms with van der Waals surface area (Å²) in [5, 5.41) is 13.2. The molecule has 2 aromatic carbocycles. The van der Waals surface area contributed by atoms with E-state index in [1.807, 2.05) is 36.4 Å². The third-order valence-electron chi connectivity index (χ3n) is 4.05. The molecule has 0 aliphatic rings. The molecule has 0 atom stereocenters. The highest BCUT2D eigenvalue weighted by molar-refractivity contribution is 6.30. The minimum Gasteiger partial charge on any atom is -0.369 e. The van der Waals surface area contributed by atoms with Crippen LogP contribution >= 0.6 is 11.6 Å². The third kappa shape index (κ3) is 3.73. The topological polar surface area (TPSA) is 79.2 Å². The molecule has 0 saturated carbocycles. The molecule has 6 heteroatoms. The summed E-state index contributed by atoms with van der Waals surface area (Å²) in [5.41, 5.74) is 12.1. The normalized spacial score (nSPS) is 11.5. The zero-order valence-electron chi connectivity index (χ0n) is 14.8. The van der Waals surface area contributed by atoms with Gasteiger partial charge in [-0.2, -0.15) is 5.10 Å². The van der Waals surface area contributed by atoms with Gasteiger partial charge in [0.25, 0.3) is 0 Å². The van der Waals surface area contributed by atoms with Crippen molar-refractivity contribution in [2.45, 2.75) is 20.4 Å². The van der Waals surface area contributed by atoms with Crippen LogP contribution in [0.3, 0.4) is 0 Å². The van der Waals surface area contributed by atoms with Gasteiger partial charge < -0.3 is 10.3 Å². The second-order valence-electron chi connectivity index (χ2n) is 6.57. The number of halogens is 1. The molecule has 0 saturated heterocycles. The standard InChI is InChI=1S/C20H22ClN5/c1-13(2)12-26-18-6-4-3-5-16(18)17(11-24-25-20(22)23)19(26)14-7-9-15(21)10-8-14/h3-11,13H,12H2,1-2H3,(H4,22,23,25)/b24-11+. The van der Waals surface area contributed by atoms with Gasteiger partial charge in [0.05, 0.1) is 11.9 Å². The van der Waals surface area contributed by atoms with Crippen LogP contribution in [0.15, 0.2) is 53.6 Å². The van der Waals surface area contributed by atoms with Crippen LogP contribution in [0.2, 0.25) is 5.02 Å². The Labute approximate surface area is 158 Å². The molecule has 3 aromatic rings. The van der Waals surface area contributed by atoms with Gasteiger partial charge in [-0.25, -0.2) is 5.43 Å². The highest BCUT2D eigenvalue weighted by Crippen LogP contribution is 2.34. The van der Waals surface area contributed by atoms with Crippen LogP contribution in [-0.4, -0.2) is 16.7 Å². The Morgan fingerprint density at radius 3 is 2.58 bits per heavy atom. The number of nitrogens with one attached hydrogen (secondary N) is 2. The molecular weight excluding hydrogens is 346 g/mol. The number of para-hydroxylation sites is 1. The molecule has 4 N–H and O–H groups in total. The lowest BCUT2D eigenvalue weighted by Gasteiger charge is -2.14. The van der Waals surface area contributed by atoms with E-state index in [-0.39, 0.29) is 5.96 Å². The zero-order valence-corrected chi connectivity index (χ0v) is 15.6. The van der Waals surface area contributed by atoms with Crippen molar-refractivity contribution in [2.24, 2.45) is 16.8 Å². The predicted octanol–water partition coefficient (Wildman–Crippen LogP) is 4.43. The van der Waals surface area contributed by atoms with Crippen molar-refractivity contribution < 1.29 is 0 Å². The maximum absolute atomic E-state index is 7.30. The van der Waals surface area contributed by atoms with E-state index in [1.165, 1.54) is 0 Å². The van der Waals surface area contributed by atoms with Gasteiger partial charge in [0.2, 0.25) is 5.96 Å². The Hall–Kier alpha value is -2.79. The lowest BCUT2D eigenvalue weighted by molar-refractivity contribution is 0.538. The van der Waals surface area contributed by atoms with Crippen molar-refractivity contribution in [3.05, 3.63) is 59.1 Å². The molecule has 0 bridgehead atoms. The van der Waals surface area contributed by atoms with E-state index >= 15 is 0 Å². The van der Waals surface area contributed by atoms with E-state index in [0.29, 0.717) is 10.9 Å². The van der Waals surface area contributed by atoms with Crippen LogP contribution in [0.4, 0.5) is 0 Å². The number of nitrogens with zero attached hydrogens (tertiary/aromatic N) is 2. The summed E-state index contributed by atoms with van der Waals surface area (Å²) in [7, 11) is 0. The smallest absolute Gasteiger partial charge is 0.206 e. The highest BCUT2D eigenvalue weighted by atomic mass is 35.5. The molecule has 1 heterocycles. The Morgan fingerprint density at radius 2 is 1.92 bits per heavy atom. The Balaban J connectivity index is 2.27. The van der Waals surface area contributed by atoms with Gasteiger partial charge in [0.15, 0.2) is 0 Å². The Kier molecular flexibility index (Phi) is 5.28. The summed E-state index contributed by atoms with van der Waals surface area (Å²) in [6, 6.07) is 16.1. The van der Waals surface area contributed by atoms with Crippen molar-refractivity contribution in [1.82, 2.24) is 9.99 Å². The summed E-state index contributed by atoms with van der Waals surface area (Å²) in [6.07, 6.45) is 1.73. The van der Waals surface area contributed by atoms with Crippen LogP contribution in [0.1, 0.15) is 19.4 Å². The zero-order chi connectivity index (χ0) is 18.7. The third-order valence-corrected chi connectivity index (χ3v) is 4.31. The molecule has 0 aliphatic carbocycles. The first-order valence-electron chi connectivity index (χ1n) is 8.47. The number of hydrogen-bond donors (Lipinski definition) is 3. The average molecular weight is 368 g/mol. The molecule has 3 rings (SSSR count). The number of rotatable bonds is 5. The van der Waals surface area contributed by atoms with Crippen LogP contribution in [0, 0.1) is 11.3 Å². The van der Waals surface area contributed by atoms with Gasteiger partial charge in [-0.05, 0) is 29.7 Å². The fourth-order valence-corrected chi connectivity index (χ4v) is 3.23. The van der Waals surface area contributed by atoms with E-state index in [1.54, 1.807) is 6.21 Å². The molecule has 0 aliphatic heterocycles. The quantitative estimate of drug-likeness (QED) is 0.354. The highest BCUT2D eigenvalue weighted by Gasteiger charge is 2.18. The molecular formula is C20H22ClN5. The Morgan fingerprint density at radius 1 is 1.23 bits per heavy atom. The number of nitrogens with two attached hydrogens (primary N) is 1. The SMILES string of the molecule is CC(C)Cn1c(-c2ccc(Cl)cc2)c(/C=N/NC(=N)N)c2ccccc21. The number of aromatic nitrogens is 1. The van der Waals surface area contributed by atoms with Gasteiger partial charge in [-0.3, -0.25) is 5.41 Å². The summed E-state index contributed by atoms with van der Waals surface area (Å²) >= 11 is 6.08. The molecule has 0 amide bonds. The molecule has 134 valence electrons. The lowest BCUT2D eigenvalue weighted by Crippen LogP contribution is -2.25. The van der Waals surface area contributed by atoms with E-state index in [4.69, 9.17) is 22.7 Å². The fraction of sp³-hybridized carbons (Fsp3) is 0.200. The Bertz CT molecular complexity index is 954. The summed E-state index contributed by atoms with van der Waals surface area (Å²) in [5.74, 6) is 0.289. The largest absolute Gasteiger partial charge is 0.369 e. The van der Waals surface area contributed by atoms with Gasteiger partial charge >= 0.3 is 0 Å². The van der Waals surface area contributed by atoms with Gasteiger partial charge in [-0.15, -0.1) is 0 Å². The fourth-order valence-electron chi connectivity index (χ4n) is 3.10. The number of benzene rings is 2. The summed E-state index contributed by atoms with van der Waals surface area (Å²) < 4.78 is 2.32. The predicted molar refractivity (Wildman–Crippen MR) is 110 cm³/mol. The number of hydrogen-bond acceptors (Lipinski definition) is 2. The maximum atomic E-state index is 7.30. The van der Waals surface area contributed by atoms with Crippen molar-refractivity contribution in [2.75, 3.05) is 0 Å². The van der Waals surface area contributed by atoms with Crippen LogP contribution in [0.25, 0.3) is 22.2 Å². The first kappa shape index (κ1) is 18.0. The van der Waals surface area contributed by atoms with Gasteiger partial charge in [0.1, 0.15) is 0 Å². The second-order valence-corrected chi connectivity index (χ2v) is 7.01. The monoisotopic (exact) mass is 367 g/mol. The first-order valence-corrected chi connectivity index (χ1v) is 8.85. The molecule has 0 fully saturated rings. The van der Waals surface area contributed by atoms with Crippen LogP contribution in [0.5, 0.6) is 0 Å². The molecule has 26 heavy (non-hydrogen) atoms. The van der Waals surface area contributed by atoms with Crippen molar-refractivity contribution in [3.8, 4) is 11.3 Å². The van der Waals surface area contributed by atoms with E-state index in [0.717, 1.165) is 34.3 Å². The van der Waals surface area contributed by atoms with Crippen LogP contribution < -0.4 is 11.2 Å². The lowest BCUT2D eigenvalue weighted by atomic mass is 10.1. The number of hydrazone groups is 1. The molecule has 0 radical (unpaired) electrons. The van der Waals surface area contributed by atoms with Crippen molar-refractivity contribution in [1.29, 1.82) is 5.41 Å². The maximum Gasteiger partial charge on any atom is 0.206 e. The molecule has 0 spiro atoms. The van der Waals surface area contributed by atoms with Gasteiger partial charge in [-0.1, -0.05) is 55.8 Å². The van der Waals surface area contributed by atoms with Crippen molar-refractivity contribution >= 4 is 34.7 Å². The number of fused-ring (bicyclic) bond motifs is 1. The molecule has 1 aromatic heterocycles. The van der Waals surface area contributed by atoms with Gasteiger partial charge in [0, 0.05) is 28.0 Å². The van der Waals surface area contributed by atoms with E-state index in [9.17, 15) is 0 Å². The summed E-state index contributed by atoms with van der Waals surface area (Å²) in [6.45, 7) is 5.28. The summed E-state index contributed by atoms with van der Waals surface area (Å²) in [4.78, 5) is 0. The van der Waals surface area contributed by atoms with Crippen LogP contribution in [-0.2, 0) is 6.54 Å². The average Bonchev–Trinajstić information content (AvgIpc) is 2.89. The van der Waals surface area contributed by atoms with Crippen molar-refractivity contribution in [3.63, 3.8) is 0 Å². The second kappa shape index (κ2) is 7.62. The molecule has 5 nitrogen and oxygen atoms in total. The number of guanidine groups is 1.